The zero-order valence-corrected chi connectivity index (χ0v) is 8.19. The normalized spacial score (nSPS) is 14.0. The van der Waals surface area contributed by atoms with Crippen molar-refractivity contribution in [3.05, 3.63) is 35.6 Å². The third kappa shape index (κ3) is 3.55. The van der Waals surface area contributed by atoms with E-state index in [2.05, 4.69) is 0 Å². The van der Waals surface area contributed by atoms with Crippen molar-refractivity contribution in [2.24, 2.45) is 5.73 Å². The van der Waals surface area contributed by atoms with Gasteiger partial charge < -0.3 is 15.5 Å². The lowest BCUT2D eigenvalue weighted by Crippen LogP contribution is -2.14. The quantitative estimate of drug-likeness (QED) is 0.662. The predicted octanol–water partition coefficient (Wildman–Crippen LogP) is 1.00. The minimum atomic E-state index is -4.12. The monoisotopic (exact) mass is 219 g/mol. The molecule has 78 valence electrons. The minimum absolute atomic E-state index is 0.405. The van der Waals surface area contributed by atoms with Crippen LogP contribution in [-0.4, -0.2) is 15.9 Å². The van der Waals surface area contributed by atoms with Crippen molar-refractivity contribution < 1.29 is 18.7 Å². The van der Waals surface area contributed by atoms with Gasteiger partial charge in [-0.05, 0) is 17.7 Å². The van der Waals surface area contributed by atoms with Crippen molar-refractivity contribution in [1.82, 2.24) is 0 Å². The van der Waals surface area contributed by atoms with Crippen molar-refractivity contribution in [2.45, 2.75) is 6.04 Å². The number of hydrogen-bond donors (Lipinski definition) is 3. The van der Waals surface area contributed by atoms with Crippen LogP contribution in [0, 0.1) is 5.82 Å². The van der Waals surface area contributed by atoms with Gasteiger partial charge in [-0.1, -0.05) is 12.1 Å². The van der Waals surface area contributed by atoms with Gasteiger partial charge in [-0.3, -0.25) is 4.57 Å². The Hall–Kier alpha value is -0.740. The van der Waals surface area contributed by atoms with Gasteiger partial charge in [0.2, 0.25) is 0 Å². The summed E-state index contributed by atoms with van der Waals surface area (Å²) >= 11 is 0. The highest BCUT2D eigenvalue weighted by Crippen LogP contribution is 2.38. The Morgan fingerprint density at radius 3 is 2.29 bits per heavy atom. The summed E-state index contributed by atoms with van der Waals surface area (Å²) in [6.07, 6.45) is -0.432. The van der Waals surface area contributed by atoms with E-state index in [1.807, 2.05) is 0 Å². The Kier molecular flexibility index (Phi) is 3.39. The SMILES string of the molecule is NC(CP(=O)(O)O)c1ccc(F)cc1. The maximum atomic E-state index is 12.5. The molecule has 1 unspecified atom stereocenters. The van der Waals surface area contributed by atoms with Gasteiger partial charge in [0, 0.05) is 6.04 Å². The molecule has 1 atom stereocenters. The average molecular weight is 219 g/mol. The average Bonchev–Trinajstić information content (AvgIpc) is 2.02. The molecule has 0 aromatic heterocycles. The second-order valence-corrected chi connectivity index (χ2v) is 4.70. The third-order valence-corrected chi connectivity index (χ3v) is 2.60. The Labute approximate surface area is 80.7 Å². The number of benzene rings is 1. The highest BCUT2D eigenvalue weighted by atomic mass is 31.2. The molecule has 6 heteroatoms. The van der Waals surface area contributed by atoms with Gasteiger partial charge in [0.15, 0.2) is 0 Å². The van der Waals surface area contributed by atoms with Crippen LogP contribution in [0.25, 0.3) is 0 Å². The van der Waals surface area contributed by atoms with Crippen molar-refractivity contribution in [3.63, 3.8) is 0 Å². The third-order valence-electron chi connectivity index (χ3n) is 1.73. The Bertz CT molecular complexity index is 348. The molecule has 0 aliphatic carbocycles. The maximum absolute atomic E-state index is 12.5. The summed E-state index contributed by atoms with van der Waals surface area (Å²) in [5.74, 6) is -0.405. The zero-order chi connectivity index (χ0) is 10.8. The largest absolute Gasteiger partial charge is 0.327 e. The molecular weight excluding hydrogens is 208 g/mol. The first-order chi connectivity index (χ1) is 6.38. The van der Waals surface area contributed by atoms with E-state index < -0.39 is 25.6 Å². The number of nitrogens with two attached hydrogens (primary N) is 1. The summed E-state index contributed by atoms with van der Waals surface area (Å²) in [7, 11) is -4.12. The van der Waals surface area contributed by atoms with E-state index in [4.69, 9.17) is 15.5 Å². The topological polar surface area (TPSA) is 83.6 Å². The maximum Gasteiger partial charge on any atom is 0.327 e. The van der Waals surface area contributed by atoms with Gasteiger partial charge in [-0.2, -0.15) is 0 Å². The molecule has 0 amide bonds. The Morgan fingerprint density at radius 2 is 1.86 bits per heavy atom. The molecule has 0 spiro atoms. The van der Waals surface area contributed by atoms with Gasteiger partial charge in [-0.25, -0.2) is 4.39 Å². The van der Waals surface area contributed by atoms with Crippen LogP contribution >= 0.6 is 7.60 Å². The lowest BCUT2D eigenvalue weighted by atomic mass is 10.1. The van der Waals surface area contributed by atoms with Gasteiger partial charge in [0.25, 0.3) is 0 Å². The van der Waals surface area contributed by atoms with Gasteiger partial charge in [0.1, 0.15) is 5.82 Å². The van der Waals surface area contributed by atoms with E-state index in [1.54, 1.807) is 0 Å². The van der Waals surface area contributed by atoms with Crippen molar-refractivity contribution >= 4 is 7.60 Å². The predicted molar refractivity (Wildman–Crippen MR) is 50.2 cm³/mol. The van der Waals surface area contributed by atoms with Crippen LogP contribution in [0.5, 0.6) is 0 Å². The van der Waals surface area contributed by atoms with Crippen LogP contribution in [0.3, 0.4) is 0 Å². The summed E-state index contributed by atoms with van der Waals surface area (Å²) in [6.45, 7) is 0. The van der Waals surface area contributed by atoms with Crippen LogP contribution in [0.1, 0.15) is 11.6 Å². The van der Waals surface area contributed by atoms with E-state index in [-0.39, 0.29) is 0 Å². The molecule has 14 heavy (non-hydrogen) atoms. The fourth-order valence-corrected chi connectivity index (χ4v) is 1.79. The van der Waals surface area contributed by atoms with Crippen LogP contribution < -0.4 is 5.73 Å². The smallest absolute Gasteiger partial charge is 0.324 e. The van der Waals surface area contributed by atoms with E-state index in [0.29, 0.717) is 5.56 Å². The molecule has 0 fully saturated rings. The standard InChI is InChI=1S/C8H11FNO3P/c9-7-3-1-6(2-4-7)8(10)5-14(11,12)13/h1-4,8H,5,10H2,(H2,11,12,13). The molecule has 0 heterocycles. The first-order valence-electron chi connectivity index (χ1n) is 3.94. The molecule has 0 bridgehead atoms. The van der Waals surface area contributed by atoms with Gasteiger partial charge >= 0.3 is 7.60 Å². The van der Waals surface area contributed by atoms with Gasteiger partial charge in [-0.15, -0.1) is 0 Å². The summed E-state index contributed by atoms with van der Waals surface area (Å²) in [5, 5.41) is 0. The fourth-order valence-electron chi connectivity index (χ4n) is 1.07. The number of halogens is 1. The molecule has 1 aromatic rings. The van der Waals surface area contributed by atoms with E-state index in [9.17, 15) is 8.96 Å². The lowest BCUT2D eigenvalue weighted by Gasteiger charge is -2.12. The van der Waals surface area contributed by atoms with E-state index in [0.717, 1.165) is 0 Å². The lowest BCUT2D eigenvalue weighted by molar-refractivity contribution is 0.369. The van der Waals surface area contributed by atoms with E-state index in [1.165, 1.54) is 24.3 Å². The molecule has 0 aliphatic rings. The molecule has 0 saturated carbocycles. The highest BCUT2D eigenvalue weighted by molar-refractivity contribution is 7.51. The summed E-state index contributed by atoms with van der Waals surface area (Å²) in [4.78, 5) is 17.3. The molecule has 4 nitrogen and oxygen atoms in total. The van der Waals surface area contributed by atoms with Crippen molar-refractivity contribution in [1.29, 1.82) is 0 Å². The first-order valence-corrected chi connectivity index (χ1v) is 5.74. The fraction of sp³-hybridized carbons (Fsp3) is 0.250. The first kappa shape index (κ1) is 11.3. The molecule has 1 rings (SSSR count). The Morgan fingerprint density at radius 1 is 1.36 bits per heavy atom. The van der Waals surface area contributed by atoms with Crippen LogP contribution in [0.15, 0.2) is 24.3 Å². The minimum Gasteiger partial charge on any atom is -0.324 e. The molecule has 0 saturated heterocycles. The van der Waals surface area contributed by atoms with E-state index >= 15 is 0 Å². The van der Waals surface area contributed by atoms with Crippen molar-refractivity contribution in [3.8, 4) is 0 Å². The Balaban J connectivity index is 2.75. The molecule has 4 N–H and O–H groups in total. The molecule has 1 aromatic carbocycles. The van der Waals surface area contributed by atoms with Crippen LogP contribution in [0.4, 0.5) is 4.39 Å². The summed E-state index contributed by atoms with van der Waals surface area (Å²) in [6, 6.07) is 4.46. The second-order valence-electron chi connectivity index (χ2n) is 3.01. The molecule has 0 aliphatic heterocycles. The van der Waals surface area contributed by atoms with Crippen molar-refractivity contribution in [2.75, 3.05) is 6.16 Å². The van der Waals surface area contributed by atoms with Crippen LogP contribution in [-0.2, 0) is 4.57 Å². The second kappa shape index (κ2) is 4.19. The zero-order valence-electron chi connectivity index (χ0n) is 7.30. The molecular formula is C8H11FNO3P. The van der Waals surface area contributed by atoms with Gasteiger partial charge in [0.05, 0.1) is 6.16 Å². The number of hydrogen-bond acceptors (Lipinski definition) is 2. The summed E-state index contributed by atoms with van der Waals surface area (Å²) < 4.78 is 23.1. The summed E-state index contributed by atoms with van der Waals surface area (Å²) in [5.41, 5.74) is 6.03. The molecule has 0 radical (unpaired) electrons. The number of rotatable bonds is 3. The highest BCUT2D eigenvalue weighted by Gasteiger charge is 2.19. The van der Waals surface area contributed by atoms with Crippen LogP contribution in [0.2, 0.25) is 0 Å².